The van der Waals surface area contributed by atoms with Crippen molar-refractivity contribution in [3.05, 3.63) is 52.6 Å². The van der Waals surface area contributed by atoms with Crippen LogP contribution >= 0.6 is 22.9 Å². The number of halogens is 1. The minimum Gasteiger partial charge on any atom is -0.455 e. The zero-order valence-corrected chi connectivity index (χ0v) is 13.4. The van der Waals surface area contributed by atoms with Gasteiger partial charge in [0.2, 0.25) is 0 Å². The second-order valence-electron chi connectivity index (χ2n) is 4.62. The molecule has 22 heavy (non-hydrogen) atoms. The number of hydrogen-bond acceptors (Lipinski definition) is 5. The van der Waals surface area contributed by atoms with E-state index in [0.717, 1.165) is 15.0 Å². The lowest BCUT2D eigenvalue weighted by molar-refractivity contribution is 0.318. The van der Waals surface area contributed by atoms with Gasteiger partial charge in [0.15, 0.2) is 5.75 Å². The fourth-order valence-corrected chi connectivity index (χ4v) is 3.31. The molecule has 0 aliphatic rings. The first-order valence-corrected chi connectivity index (χ1v) is 7.93. The molecule has 2 aromatic heterocycles. The SMILES string of the molecule is CC/C(=N\O)c1cc2c(Oc3ccc(Cl)cc3)cncc2s1. The predicted octanol–water partition coefficient (Wildman–Crippen LogP) is 5.33. The van der Waals surface area contributed by atoms with Crippen molar-refractivity contribution in [2.75, 3.05) is 0 Å². The van der Waals surface area contributed by atoms with Crippen molar-refractivity contribution >= 4 is 38.7 Å². The van der Waals surface area contributed by atoms with Gasteiger partial charge in [0, 0.05) is 16.6 Å². The quantitative estimate of drug-likeness (QED) is 0.399. The molecule has 0 aliphatic carbocycles. The molecule has 3 aromatic rings. The van der Waals surface area contributed by atoms with Crippen LogP contribution in [0.3, 0.4) is 0 Å². The maximum absolute atomic E-state index is 9.07. The zero-order valence-electron chi connectivity index (χ0n) is 11.8. The Morgan fingerprint density at radius 3 is 2.77 bits per heavy atom. The molecule has 0 unspecified atom stereocenters. The summed E-state index contributed by atoms with van der Waals surface area (Å²) in [6.45, 7) is 1.95. The highest BCUT2D eigenvalue weighted by Gasteiger charge is 2.12. The number of aromatic nitrogens is 1. The third-order valence-electron chi connectivity index (χ3n) is 3.19. The summed E-state index contributed by atoms with van der Waals surface area (Å²) < 4.78 is 6.87. The molecule has 0 amide bonds. The average molecular weight is 333 g/mol. The Balaban J connectivity index is 2.01. The number of rotatable bonds is 4. The van der Waals surface area contributed by atoms with Crippen LogP contribution in [0.5, 0.6) is 11.5 Å². The third-order valence-corrected chi connectivity index (χ3v) is 4.56. The van der Waals surface area contributed by atoms with Crippen molar-refractivity contribution < 1.29 is 9.94 Å². The van der Waals surface area contributed by atoms with E-state index in [1.807, 2.05) is 13.0 Å². The van der Waals surface area contributed by atoms with Crippen molar-refractivity contribution in [1.29, 1.82) is 0 Å². The molecule has 4 nitrogen and oxygen atoms in total. The molecule has 1 aromatic carbocycles. The summed E-state index contributed by atoms with van der Waals surface area (Å²) in [5.74, 6) is 1.36. The Bertz CT molecular complexity index is 828. The molecular weight excluding hydrogens is 320 g/mol. The van der Waals surface area contributed by atoms with Crippen LogP contribution < -0.4 is 4.74 Å². The first-order chi connectivity index (χ1) is 10.7. The molecule has 0 radical (unpaired) electrons. The Morgan fingerprint density at radius 2 is 2.09 bits per heavy atom. The molecule has 6 heteroatoms. The fraction of sp³-hybridized carbons (Fsp3) is 0.125. The van der Waals surface area contributed by atoms with Gasteiger partial charge in [-0.3, -0.25) is 4.98 Å². The number of hydrogen-bond donors (Lipinski definition) is 1. The van der Waals surface area contributed by atoms with Crippen LogP contribution in [-0.2, 0) is 0 Å². The van der Waals surface area contributed by atoms with Crippen LogP contribution in [0.15, 0.2) is 47.9 Å². The van der Waals surface area contributed by atoms with E-state index in [-0.39, 0.29) is 0 Å². The lowest BCUT2D eigenvalue weighted by Crippen LogP contribution is -1.94. The van der Waals surface area contributed by atoms with Gasteiger partial charge in [-0.25, -0.2) is 0 Å². The molecule has 0 bridgehead atoms. The first-order valence-electron chi connectivity index (χ1n) is 6.73. The van der Waals surface area contributed by atoms with Crippen LogP contribution in [0.2, 0.25) is 5.02 Å². The second-order valence-corrected chi connectivity index (χ2v) is 6.14. The van der Waals surface area contributed by atoms with E-state index in [2.05, 4.69) is 10.1 Å². The normalized spacial score (nSPS) is 11.8. The van der Waals surface area contributed by atoms with Gasteiger partial charge in [0.1, 0.15) is 5.75 Å². The van der Waals surface area contributed by atoms with Gasteiger partial charge in [-0.2, -0.15) is 0 Å². The largest absolute Gasteiger partial charge is 0.455 e. The first kappa shape index (κ1) is 14.8. The number of benzene rings is 1. The summed E-state index contributed by atoms with van der Waals surface area (Å²) in [5, 5.41) is 14.0. The third kappa shape index (κ3) is 2.91. The number of fused-ring (bicyclic) bond motifs is 1. The summed E-state index contributed by atoms with van der Waals surface area (Å²) >= 11 is 7.40. The van der Waals surface area contributed by atoms with E-state index in [1.54, 1.807) is 36.7 Å². The molecule has 0 saturated heterocycles. The maximum atomic E-state index is 9.07. The topological polar surface area (TPSA) is 54.7 Å². The highest BCUT2D eigenvalue weighted by Crippen LogP contribution is 2.35. The average Bonchev–Trinajstić information content (AvgIpc) is 2.96. The Morgan fingerprint density at radius 1 is 1.32 bits per heavy atom. The molecule has 0 saturated carbocycles. The Labute approximate surface area is 136 Å². The van der Waals surface area contributed by atoms with Gasteiger partial charge in [-0.1, -0.05) is 23.7 Å². The van der Waals surface area contributed by atoms with Crippen LogP contribution in [0.25, 0.3) is 10.1 Å². The van der Waals surface area contributed by atoms with Gasteiger partial charge >= 0.3 is 0 Å². The van der Waals surface area contributed by atoms with Crippen molar-refractivity contribution in [3.8, 4) is 11.5 Å². The lowest BCUT2D eigenvalue weighted by Gasteiger charge is -2.06. The molecule has 3 rings (SSSR count). The Kier molecular flexibility index (Phi) is 4.27. The molecule has 1 N–H and O–H groups in total. The van der Waals surface area contributed by atoms with Gasteiger partial charge < -0.3 is 9.94 Å². The summed E-state index contributed by atoms with van der Waals surface area (Å²) in [5.41, 5.74) is 0.652. The number of oxime groups is 1. The highest BCUT2D eigenvalue weighted by atomic mass is 35.5. The van der Waals surface area contributed by atoms with Crippen LogP contribution in [0, 0.1) is 0 Å². The molecular formula is C16H13ClN2O2S. The molecule has 0 spiro atoms. The minimum absolute atomic E-state index is 0.652. The van der Waals surface area contributed by atoms with Crippen LogP contribution in [0.4, 0.5) is 0 Å². The van der Waals surface area contributed by atoms with Crippen LogP contribution in [-0.4, -0.2) is 15.9 Å². The van der Waals surface area contributed by atoms with E-state index < -0.39 is 0 Å². The summed E-state index contributed by atoms with van der Waals surface area (Å²) in [4.78, 5) is 5.12. The van der Waals surface area contributed by atoms with Gasteiger partial charge in [0.25, 0.3) is 0 Å². The van der Waals surface area contributed by atoms with Gasteiger partial charge in [-0.05, 0) is 36.8 Å². The smallest absolute Gasteiger partial charge is 0.154 e. The van der Waals surface area contributed by atoms with Gasteiger partial charge in [0.05, 0.1) is 21.5 Å². The molecule has 2 heterocycles. The van der Waals surface area contributed by atoms with Crippen LogP contribution in [0.1, 0.15) is 18.2 Å². The number of nitrogens with zero attached hydrogens (tertiary/aromatic N) is 2. The van der Waals surface area contributed by atoms with Crippen molar-refractivity contribution in [1.82, 2.24) is 4.98 Å². The van der Waals surface area contributed by atoms with E-state index in [1.165, 1.54) is 11.3 Å². The van der Waals surface area contributed by atoms with Crippen molar-refractivity contribution in [2.45, 2.75) is 13.3 Å². The predicted molar refractivity (Wildman–Crippen MR) is 89.8 cm³/mol. The van der Waals surface area contributed by atoms with Crippen molar-refractivity contribution in [3.63, 3.8) is 0 Å². The monoisotopic (exact) mass is 332 g/mol. The molecule has 0 fully saturated rings. The number of thiophene rings is 1. The summed E-state index contributed by atoms with van der Waals surface area (Å²) in [6.07, 6.45) is 4.11. The van der Waals surface area contributed by atoms with E-state index >= 15 is 0 Å². The standard InChI is InChI=1S/C16H13ClN2O2S/c1-2-13(19-20)15-7-12-14(8-18-9-16(12)22-15)21-11-5-3-10(17)4-6-11/h3-9,20H,2H2,1H3/b19-13+. The van der Waals surface area contributed by atoms with Gasteiger partial charge in [-0.15, -0.1) is 11.3 Å². The Hall–Kier alpha value is -2.11. The fourth-order valence-electron chi connectivity index (χ4n) is 2.08. The minimum atomic E-state index is 0.652. The van der Waals surface area contributed by atoms with E-state index in [0.29, 0.717) is 28.7 Å². The number of ether oxygens (including phenoxy) is 1. The van der Waals surface area contributed by atoms with Crippen molar-refractivity contribution in [2.24, 2.45) is 5.16 Å². The molecule has 0 atom stereocenters. The number of pyridine rings is 1. The zero-order chi connectivity index (χ0) is 15.5. The molecule has 0 aliphatic heterocycles. The maximum Gasteiger partial charge on any atom is 0.154 e. The summed E-state index contributed by atoms with van der Waals surface area (Å²) in [7, 11) is 0. The van der Waals surface area contributed by atoms with E-state index in [9.17, 15) is 0 Å². The highest BCUT2D eigenvalue weighted by molar-refractivity contribution is 7.20. The lowest BCUT2D eigenvalue weighted by atomic mass is 10.2. The summed E-state index contributed by atoms with van der Waals surface area (Å²) in [6, 6.07) is 9.13. The van der Waals surface area contributed by atoms with E-state index in [4.69, 9.17) is 21.5 Å². The molecule has 112 valence electrons. The second kappa shape index (κ2) is 6.34.